The first-order valence-electron chi connectivity index (χ1n) is 11.8. The summed E-state index contributed by atoms with van der Waals surface area (Å²) in [7, 11) is -3.63. The molecule has 198 valence electrons. The van der Waals surface area contributed by atoms with E-state index in [1.807, 2.05) is 4.90 Å². The maximum Gasteiger partial charge on any atom is 0.252 e. The van der Waals surface area contributed by atoms with Crippen molar-refractivity contribution >= 4 is 27.5 Å². The fourth-order valence-electron chi connectivity index (χ4n) is 4.84. The number of carbonyl (C=O) groups is 1. The minimum atomic E-state index is -3.63. The third-order valence-corrected chi connectivity index (χ3v) is 9.31. The van der Waals surface area contributed by atoms with Gasteiger partial charge in [-0.1, -0.05) is 17.7 Å². The van der Waals surface area contributed by atoms with Gasteiger partial charge in [-0.25, -0.2) is 21.6 Å². The molecule has 2 unspecified atom stereocenters. The number of sulfonamides is 1. The maximum absolute atomic E-state index is 14.0. The predicted molar refractivity (Wildman–Crippen MR) is 128 cm³/mol. The van der Waals surface area contributed by atoms with E-state index in [0.29, 0.717) is 18.7 Å². The summed E-state index contributed by atoms with van der Waals surface area (Å²) in [5, 5.41) is 12.4. The quantitative estimate of drug-likeness (QED) is 0.529. The van der Waals surface area contributed by atoms with Crippen molar-refractivity contribution in [1.82, 2.24) is 14.5 Å². The SMILES string of the molecule is CC(O)CS(=O)(=O)N1CCN(C2(CNC(=O)c3ccc(C(C)F)cc3Cl)CCC(F)(F)CC2)CC1. The van der Waals surface area contributed by atoms with Crippen molar-refractivity contribution in [1.29, 1.82) is 0 Å². The normalized spacial score (nSPS) is 22.9. The molecule has 0 aromatic heterocycles. The van der Waals surface area contributed by atoms with E-state index in [2.05, 4.69) is 5.32 Å². The lowest BCUT2D eigenvalue weighted by Gasteiger charge is -2.50. The van der Waals surface area contributed by atoms with Crippen LogP contribution in [-0.2, 0) is 10.0 Å². The Morgan fingerprint density at radius 1 is 1.14 bits per heavy atom. The topological polar surface area (TPSA) is 89.9 Å². The Morgan fingerprint density at radius 3 is 2.26 bits per heavy atom. The number of carbonyl (C=O) groups excluding carboxylic acids is 1. The van der Waals surface area contributed by atoms with Gasteiger partial charge in [0.05, 0.1) is 22.4 Å². The molecule has 3 rings (SSSR count). The van der Waals surface area contributed by atoms with Gasteiger partial charge in [0.2, 0.25) is 15.9 Å². The molecule has 2 N–H and O–H groups in total. The zero-order chi connectivity index (χ0) is 26.0. The van der Waals surface area contributed by atoms with Crippen LogP contribution >= 0.6 is 11.6 Å². The molecule has 2 fully saturated rings. The van der Waals surface area contributed by atoms with Gasteiger partial charge in [-0.2, -0.15) is 4.31 Å². The summed E-state index contributed by atoms with van der Waals surface area (Å²) < 4.78 is 67.8. The van der Waals surface area contributed by atoms with Crippen LogP contribution in [0.5, 0.6) is 0 Å². The highest BCUT2D eigenvalue weighted by atomic mass is 35.5. The Labute approximate surface area is 209 Å². The number of benzene rings is 1. The molecule has 0 bridgehead atoms. The molecule has 12 heteroatoms. The van der Waals surface area contributed by atoms with Crippen molar-refractivity contribution in [2.45, 2.75) is 63.3 Å². The number of nitrogens with zero attached hydrogens (tertiary/aromatic N) is 2. The summed E-state index contributed by atoms with van der Waals surface area (Å²) in [4.78, 5) is 14.9. The van der Waals surface area contributed by atoms with Gasteiger partial charge in [0.15, 0.2) is 0 Å². The van der Waals surface area contributed by atoms with Crippen LogP contribution in [0.3, 0.4) is 0 Å². The fraction of sp³-hybridized carbons (Fsp3) is 0.696. The van der Waals surface area contributed by atoms with Crippen LogP contribution in [0.25, 0.3) is 0 Å². The third-order valence-electron chi connectivity index (χ3n) is 6.94. The molecule has 2 aliphatic rings. The molecule has 1 saturated carbocycles. The van der Waals surface area contributed by atoms with Crippen LogP contribution in [0.15, 0.2) is 18.2 Å². The highest BCUT2D eigenvalue weighted by Crippen LogP contribution is 2.42. The number of halogens is 4. The Morgan fingerprint density at radius 2 is 1.74 bits per heavy atom. The summed E-state index contributed by atoms with van der Waals surface area (Å²) in [6, 6.07) is 4.32. The van der Waals surface area contributed by atoms with Crippen molar-refractivity contribution in [2.75, 3.05) is 38.5 Å². The number of hydrogen-bond donors (Lipinski definition) is 2. The van der Waals surface area contributed by atoms with E-state index in [1.54, 1.807) is 0 Å². The van der Waals surface area contributed by atoms with E-state index in [0.717, 1.165) is 0 Å². The second kappa shape index (κ2) is 10.9. The summed E-state index contributed by atoms with van der Waals surface area (Å²) >= 11 is 6.19. The first-order valence-corrected chi connectivity index (χ1v) is 13.7. The number of aliphatic hydroxyl groups is 1. The van der Waals surface area contributed by atoms with E-state index >= 15 is 0 Å². The number of alkyl halides is 3. The molecule has 0 spiro atoms. The zero-order valence-corrected chi connectivity index (χ0v) is 21.5. The molecule has 7 nitrogen and oxygen atoms in total. The predicted octanol–water partition coefficient (Wildman–Crippen LogP) is 3.38. The van der Waals surface area contributed by atoms with Gasteiger partial charge in [0, 0.05) is 51.1 Å². The van der Waals surface area contributed by atoms with Crippen molar-refractivity contribution in [2.24, 2.45) is 0 Å². The molecule has 1 aromatic rings. The molecule has 0 radical (unpaired) electrons. The Hall–Kier alpha value is -1.40. The van der Waals surface area contributed by atoms with Gasteiger partial charge in [0.1, 0.15) is 6.17 Å². The molecule has 1 amide bonds. The van der Waals surface area contributed by atoms with Crippen LogP contribution in [0.1, 0.15) is 61.6 Å². The zero-order valence-electron chi connectivity index (χ0n) is 19.9. The number of nitrogens with one attached hydrogen (secondary N) is 1. The Bertz CT molecular complexity index is 1010. The molecular weight excluding hydrogens is 507 g/mol. The number of amides is 1. The summed E-state index contributed by atoms with van der Waals surface area (Å²) in [6.07, 6.45) is -2.59. The van der Waals surface area contributed by atoms with E-state index in [4.69, 9.17) is 11.6 Å². The van der Waals surface area contributed by atoms with Gasteiger partial charge in [-0.15, -0.1) is 0 Å². The van der Waals surface area contributed by atoms with Gasteiger partial charge >= 0.3 is 0 Å². The molecular formula is C23H33ClF3N3O4S. The molecule has 1 saturated heterocycles. The highest BCUT2D eigenvalue weighted by molar-refractivity contribution is 7.89. The van der Waals surface area contributed by atoms with Crippen LogP contribution in [0.2, 0.25) is 5.02 Å². The first kappa shape index (κ1) is 28.2. The molecule has 1 aromatic carbocycles. The lowest BCUT2D eigenvalue weighted by Crippen LogP contribution is -2.63. The number of hydrogen-bond acceptors (Lipinski definition) is 5. The van der Waals surface area contributed by atoms with Crippen LogP contribution in [0.4, 0.5) is 13.2 Å². The summed E-state index contributed by atoms with van der Waals surface area (Å²) in [6.45, 7) is 3.87. The summed E-state index contributed by atoms with van der Waals surface area (Å²) in [5.41, 5.74) is -0.237. The molecule has 35 heavy (non-hydrogen) atoms. The second-order valence-corrected chi connectivity index (χ2v) is 12.1. The van der Waals surface area contributed by atoms with Crippen molar-refractivity contribution in [3.8, 4) is 0 Å². The van der Waals surface area contributed by atoms with E-state index in [-0.39, 0.29) is 61.7 Å². The fourth-order valence-corrected chi connectivity index (χ4v) is 6.65. The van der Waals surface area contributed by atoms with Gasteiger partial charge in [0.25, 0.3) is 5.91 Å². The van der Waals surface area contributed by atoms with Gasteiger partial charge < -0.3 is 10.4 Å². The van der Waals surface area contributed by atoms with Crippen molar-refractivity contribution in [3.05, 3.63) is 34.3 Å². The molecule has 1 heterocycles. The van der Waals surface area contributed by atoms with Crippen molar-refractivity contribution in [3.63, 3.8) is 0 Å². The third kappa shape index (κ3) is 6.88. The van der Waals surface area contributed by atoms with Crippen LogP contribution < -0.4 is 5.32 Å². The van der Waals surface area contributed by atoms with Crippen LogP contribution in [0, 0.1) is 0 Å². The number of rotatable bonds is 8. The van der Waals surface area contributed by atoms with Gasteiger partial charge in [-0.3, -0.25) is 9.69 Å². The van der Waals surface area contributed by atoms with E-state index in [1.165, 1.54) is 36.4 Å². The molecule has 2 atom stereocenters. The monoisotopic (exact) mass is 539 g/mol. The Kier molecular flexibility index (Phi) is 8.79. The maximum atomic E-state index is 14.0. The molecule has 1 aliphatic heterocycles. The minimum Gasteiger partial charge on any atom is -0.392 e. The lowest BCUT2D eigenvalue weighted by atomic mass is 9.78. The second-order valence-electron chi connectivity index (χ2n) is 9.63. The largest absolute Gasteiger partial charge is 0.392 e. The average Bonchev–Trinajstić information content (AvgIpc) is 2.77. The number of aliphatic hydroxyl groups excluding tert-OH is 1. The Balaban J connectivity index is 1.72. The average molecular weight is 540 g/mol. The number of piperazine rings is 1. The lowest BCUT2D eigenvalue weighted by molar-refractivity contribution is -0.0856. The van der Waals surface area contributed by atoms with Gasteiger partial charge in [-0.05, 0) is 44.4 Å². The van der Waals surface area contributed by atoms with E-state index < -0.39 is 39.7 Å². The first-order chi connectivity index (χ1) is 16.2. The summed E-state index contributed by atoms with van der Waals surface area (Å²) in [5.74, 6) is -3.64. The standard InChI is InChI=1S/C23H33ClF3N3O4S/c1-16(31)14-35(33,34)30-11-9-29(10-12-30)22(5-7-23(26,27)8-6-22)15-28-21(32)19-4-3-18(17(2)25)13-20(19)24/h3-4,13,16-17,31H,5-12,14-15H2,1-2H3,(H,28,32). The molecule has 1 aliphatic carbocycles. The van der Waals surface area contributed by atoms with Crippen LogP contribution in [-0.4, -0.2) is 84.7 Å². The minimum absolute atomic E-state index is 0.0972. The smallest absolute Gasteiger partial charge is 0.252 e. The van der Waals surface area contributed by atoms with E-state index in [9.17, 15) is 31.5 Å². The van der Waals surface area contributed by atoms with Crippen molar-refractivity contribution < 1.29 is 31.5 Å². The highest BCUT2D eigenvalue weighted by Gasteiger charge is 2.47.